The Hall–Kier alpha value is -0.560. The molecule has 0 saturated carbocycles. The molecule has 0 bridgehead atoms. The summed E-state index contributed by atoms with van der Waals surface area (Å²) in [6.07, 6.45) is 8.75. The van der Waals surface area contributed by atoms with Gasteiger partial charge in [-0.1, -0.05) is 6.92 Å². The fraction of sp³-hybridized carbons (Fsp3) is 0.846. The molecule has 3 heteroatoms. The summed E-state index contributed by atoms with van der Waals surface area (Å²) in [5.74, 6) is 2.61. The molecule has 0 aromatic rings. The number of aliphatic hydroxyl groups excluding tert-OH is 1. The zero-order chi connectivity index (χ0) is 12.4. The van der Waals surface area contributed by atoms with E-state index in [9.17, 15) is 0 Å². The first-order chi connectivity index (χ1) is 7.67. The number of hydrogen-bond donors (Lipinski definition) is 1. The molecule has 0 amide bonds. The average Bonchev–Trinajstić information content (AvgIpc) is 2.27. The Morgan fingerprint density at radius 3 is 2.56 bits per heavy atom. The summed E-state index contributed by atoms with van der Waals surface area (Å²) in [5, 5.41) is 9.03. The maximum absolute atomic E-state index is 9.03. The summed E-state index contributed by atoms with van der Waals surface area (Å²) >= 11 is 0. The molecule has 0 heterocycles. The lowest BCUT2D eigenvalue weighted by molar-refractivity contribution is -0.0115. The third kappa shape index (κ3) is 6.12. The minimum absolute atomic E-state index is 0.180. The molecular weight excluding hydrogens is 202 g/mol. The Morgan fingerprint density at radius 1 is 1.44 bits per heavy atom. The van der Waals surface area contributed by atoms with E-state index < -0.39 is 0 Å². The summed E-state index contributed by atoms with van der Waals surface area (Å²) < 4.78 is 5.82. The molecule has 16 heavy (non-hydrogen) atoms. The van der Waals surface area contributed by atoms with Gasteiger partial charge < -0.3 is 14.7 Å². The smallest absolute Gasteiger partial charge is 0.0728 e. The van der Waals surface area contributed by atoms with Gasteiger partial charge in [0.25, 0.3) is 0 Å². The first-order valence-electron chi connectivity index (χ1n) is 5.99. The topological polar surface area (TPSA) is 32.7 Å². The first kappa shape index (κ1) is 15.4. The first-order valence-corrected chi connectivity index (χ1v) is 5.99. The van der Waals surface area contributed by atoms with E-state index in [4.69, 9.17) is 16.3 Å². The molecule has 0 aromatic carbocycles. The lowest BCUT2D eigenvalue weighted by Gasteiger charge is -2.31. The van der Waals surface area contributed by atoms with Crippen LogP contribution in [-0.4, -0.2) is 49.5 Å². The molecule has 1 N–H and O–H groups in total. The number of terminal acetylenes is 1. The molecule has 0 aliphatic rings. The van der Waals surface area contributed by atoms with Gasteiger partial charge >= 0.3 is 0 Å². The number of likely N-dealkylation sites (N-methyl/N-ethyl adjacent to an activating group) is 1. The number of hydrogen-bond acceptors (Lipinski definition) is 3. The van der Waals surface area contributed by atoms with Crippen LogP contribution in [0.5, 0.6) is 0 Å². The van der Waals surface area contributed by atoms with E-state index in [0.29, 0.717) is 6.61 Å². The van der Waals surface area contributed by atoms with Crippen LogP contribution < -0.4 is 0 Å². The largest absolute Gasteiger partial charge is 0.396 e. The molecule has 0 rings (SSSR count). The maximum atomic E-state index is 9.03. The van der Waals surface area contributed by atoms with Crippen LogP contribution in [0.3, 0.4) is 0 Å². The highest BCUT2D eigenvalue weighted by molar-refractivity contribution is 4.83. The Kier molecular flexibility index (Phi) is 9.31. The Bertz CT molecular complexity index is 199. The summed E-state index contributed by atoms with van der Waals surface area (Å²) in [6, 6.07) is 0.279. The standard InChI is InChI=1S/C13H25NO2/c1-5-7-8-11-16-13(6-2)12(9-10-15)14(3)4/h1,12-13,15H,6-11H2,2-4H3/t12?,13-/m1/s1. The minimum Gasteiger partial charge on any atom is -0.396 e. The summed E-state index contributed by atoms with van der Waals surface area (Å²) in [6.45, 7) is 3.02. The van der Waals surface area contributed by atoms with Crippen molar-refractivity contribution in [1.29, 1.82) is 0 Å². The molecule has 1 unspecified atom stereocenters. The zero-order valence-electron chi connectivity index (χ0n) is 10.8. The van der Waals surface area contributed by atoms with Crippen LogP contribution in [0.15, 0.2) is 0 Å². The molecule has 2 atom stereocenters. The number of aliphatic hydroxyl groups is 1. The van der Waals surface area contributed by atoms with Crippen molar-refractivity contribution >= 4 is 0 Å². The van der Waals surface area contributed by atoms with Gasteiger partial charge in [-0.15, -0.1) is 12.3 Å². The number of ether oxygens (including phenoxy) is 1. The molecule has 0 fully saturated rings. The number of rotatable bonds is 9. The van der Waals surface area contributed by atoms with Crippen molar-refractivity contribution in [3.63, 3.8) is 0 Å². The molecule has 3 nitrogen and oxygen atoms in total. The van der Waals surface area contributed by atoms with Crippen molar-refractivity contribution in [2.45, 2.75) is 44.8 Å². The van der Waals surface area contributed by atoms with E-state index in [2.05, 4.69) is 17.7 Å². The fourth-order valence-corrected chi connectivity index (χ4v) is 1.82. The fourth-order valence-electron chi connectivity index (χ4n) is 1.82. The van der Waals surface area contributed by atoms with Gasteiger partial charge in [0.1, 0.15) is 0 Å². The molecule has 0 radical (unpaired) electrons. The Labute approximate surface area is 99.8 Å². The second-order valence-corrected chi connectivity index (χ2v) is 4.17. The van der Waals surface area contributed by atoms with E-state index in [1.54, 1.807) is 0 Å². The van der Waals surface area contributed by atoms with Crippen molar-refractivity contribution in [3.8, 4) is 12.3 Å². The van der Waals surface area contributed by atoms with Gasteiger partial charge in [0.05, 0.1) is 6.10 Å². The average molecular weight is 227 g/mol. The van der Waals surface area contributed by atoms with Crippen LogP contribution in [0.4, 0.5) is 0 Å². The van der Waals surface area contributed by atoms with E-state index in [1.165, 1.54) is 0 Å². The van der Waals surface area contributed by atoms with Crippen molar-refractivity contribution in [1.82, 2.24) is 4.90 Å². The second kappa shape index (κ2) is 9.65. The van der Waals surface area contributed by atoms with Gasteiger partial charge in [-0.2, -0.15) is 0 Å². The van der Waals surface area contributed by atoms with Crippen molar-refractivity contribution < 1.29 is 9.84 Å². The van der Waals surface area contributed by atoms with Gasteiger partial charge in [-0.3, -0.25) is 0 Å². The highest BCUT2D eigenvalue weighted by Crippen LogP contribution is 2.13. The molecule has 0 aliphatic carbocycles. The van der Waals surface area contributed by atoms with Gasteiger partial charge in [0.2, 0.25) is 0 Å². The molecule has 0 spiro atoms. The Morgan fingerprint density at radius 2 is 2.12 bits per heavy atom. The Balaban J connectivity index is 4.05. The van der Waals surface area contributed by atoms with Crippen LogP contribution in [0.25, 0.3) is 0 Å². The lowest BCUT2D eigenvalue weighted by Crippen LogP contribution is -2.41. The summed E-state index contributed by atoms with van der Waals surface area (Å²) in [5.41, 5.74) is 0. The summed E-state index contributed by atoms with van der Waals surface area (Å²) in [4.78, 5) is 2.12. The molecule has 0 saturated heterocycles. The monoisotopic (exact) mass is 227 g/mol. The minimum atomic E-state index is 0.180. The van der Waals surface area contributed by atoms with Crippen molar-refractivity contribution in [2.75, 3.05) is 27.3 Å². The summed E-state index contributed by atoms with van der Waals surface area (Å²) in [7, 11) is 4.04. The molecular formula is C13H25NO2. The predicted octanol–water partition coefficient (Wildman–Crippen LogP) is 1.51. The SMILES string of the molecule is C#CCCCO[C@H](CC)C(CCO)N(C)C. The van der Waals surface area contributed by atoms with Gasteiger partial charge in [0.15, 0.2) is 0 Å². The third-order valence-electron chi connectivity index (χ3n) is 2.72. The van der Waals surface area contributed by atoms with E-state index >= 15 is 0 Å². The maximum Gasteiger partial charge on any atom is 0.0728 e. The van der Waals surface area contributed by atoms with Crippen molar-refractivity contribution in [3.05, 3.63) is 0 Å². The van der Waals surface area contributed by atoms with Gasteiger partial charge in [-0.05, 0) is 33.4 Å². The van der Waals surface area contributed by atoms with E-state index in [1.807, 2.05) is 14.1 Å². The van der Waals surface area contributed by atoms with Gasteiger partial charge in [0, 0.05) is 25.7 Å². The lowest BCUT2D eigenvalue weighted by atomic mass is 10.0. The highest BCUT2D eigenvalue weighted by Gasteiger charge is 2.21. The van der Waals surface area contributed by atoms with Crippen LogP contribution in [0, 0.1) is 12.3 Å². The van der Waals surface area contributed by atoms with Crippen LogP contribution in [0.2, 0.25) is 0 Å². The van der Waals surface area contributed by atoms with E-state index in [0.717, 1.165) is 25.7 Å². The number of unbranched alkanes of at least 4 members (excludes halogenated alkanes) is 1. The molecule has 0 aromatic heterocycles. The zero-order valence-corrected chi connectivity index (χ0v) is 10.8. The van der Waals surface area contributed by atoms with E-state index in [-0.39, 0.29) is 18.8 Å². The molecule has 0 aliphatic heterocycles. The van der Waals surface area contributed by atoms with Crippen LogP contribution in [0.1, 0.15) is 32.6 Å². The van der Waals surface area contributed by atoms with Crippen molar-refractivity contribution in [2.24, 2.45) is 0 Å². The normalized spacial score (nSPS) is 14.8. The predicted molar refractivity (Wildman–Crippen MR) is 67.3 cm³/mol. The van der Waals surface area contributed by atoms with Crippen LogP contribution >= 0.6 is 0 Å². The second-order valence-electron chi connectivity index (χ2n) is 4.17. The quantitative estimate of drug-likeness (QED) is 0.479. The third-order valence-corrected chi connectivity index (χ3v) is 2.72. The van der Waals surface area contributed by atoms with Gasteiger partial charge in [-0.25, -0.2) is 0 Å². The molecule has 94 valence electrons. The highest BCUT2D eigenvalue weighted by atomic mass is 16.5. The number of nitrogens with zero attached hydrogens (tertiary/aromatic N) is 1. The van der Waals surface area contributed by atoms with Crippen LogP contribution in [-0.2, 0) is 4.74 Å².